The van der Waals surface area contributed by atoms with Crippen LogP contribution in [0.15, 0.2) is 34.0 Å². The Kier molecular flexibility index (Phi) is 4.91. The number of fused-ring (bicyclic) bond motifs is 1. The largest absolute Gasteiger partial charge is 0.493 e. The van der Waals surface area contributed by atoms with Gasteiger partial charge in [-0.1, -0.05) is 12.1 Å². The summed E-state index contributed by atoms with van der Waals surface area (Å²) >= 11 is 0. The van der Waals surface area contributed by atoms with Crippen molar-refractivity contribution in [2.75, 3.05) is 6.61 Å². The van der Waals surface area contributed by atoms with E-state index in [1.165, 1.54) is 11.8 Å². The van der Waals surface area contributed by atoms with Crippen LogP contribution >= 0.6 is 0 Å². The molecule has 4 rings (SSSR count). The van der Waals surface area contributed by atoms with Crippen LogP contribution < -0.4 is 21.7 Å². The fourth-order valence-corrected chi connectivity index (χ4v) is 3.23. The molecule has 0 spiro atoms. The van der Waals surface area contributed by atoms with Crippen LogP contribution in [0.5, 0.6) is 5.75 Å². The number of aliphatic hydroxyl groups excluding tert-OH is 1. The lowest BCUT2D eigenvalue weighted by atomic mass is 10.1. The monoisotopic (exact) mass is 413 g/mol. The number of tetrazole rings is 1. The fourth-order valence-electron chi connectivity index (χ4n) is 3.23. The van der Waals surface area contributed by atoms with Crippen molar-refractivity contribution in [2.24, 2.45) is 12.8 Å². The van der Waals surface area contributed by atoms with Gasteiger partial charge in [-0.15, -0.1) is 10.2 Å². The molecule has 12 heteroatoms. The van der Waals surface area contributed by atoms with Gasteiger partial charge in [-0.05, 0) is 22.4 Å². The quantitative estimate of drug-likeness (QED) is 0.486. The lowest BCUT2D eigenvalue weighted by Gasteiger charge is -2.11. The maximum absolute atomic E-state index is 12.3. The smallest absolute Gasteiger partial charge is 0.331 e. The first-order valence-corrected chi connectivity index (χ1v) is 9.14. The van der Waals surface area contributed by atoms with Gasteiger partial charge in [0, 0.05) is 19.7 Å². The number of hydrogen-bond acceptors (Lipinski definition) is 8. The number of benzene rings is 1. The zero-order valence-electron chi connectivity index (χ0n) is 16.1. The Morgan fingerprint density at radius 2 is 2.17 bits per heavy atom. The molecule has 3 aromatic rings. The molecular formula is C18H19N7O5. The Balaban J connectivity index is 1.52. The van der Waals surface area contributed by atoms with E-state index in [4.69, 9.17) is 10.5 Å². The molecule has 1 atom stereocenters. The van der Waals surface area contributed by atoms with Gasteiger partial charge in [0.1, 0.15) is 17.4 Å². The molecular weight excluding hydrogens is 394 g/mol. The van der Waals surface area contributed by atoms with Gasteiger partial charge >= 0.3 is 5.69 Å². The lowest BCUT2D eigenvalue weighted by molar-refractivity contribution is 0.0997. The third kappa shape index (κ3) is 3.59. The predicted octanol–water partition coefficient (Wildman–Crippen LogP) is -1.65. The Hall–Kier alpha value is -3.80. The van der Waals surface area contributed by atoms with Crippen LogP contribution in [0.1, 0.15) is 33.4 Å². The molecule has 30 heavy (non-hydrogen) atoms. The van der Waals surface area contributed by atoms with Gasteiger partial charge in [0.15, 0.2) is 5.82 Å². The number of rotatable bonds is 6. The van der Waals surface area contributed by atoms with Gasteiger partial charge in [-0.2, -0.15) is 4.80 Å². The minimum Gasteiger partial charge on any atom is -0.493 e. The van der Waals surface area contributed by atoms with E-state index in [9.17, 15) is 19.5 Å². The third-order valence-corrected chi connectivity index (χ3v) is 4.87. The molecule has 0 bridgehead atoms. The number of primary amides is 1. The molecule has 0 unspecified atom stereocenters. The van der Waals surface area contributed by atoms with Crippen molar-refractivity contribution in [3.05, 3.63) is 67.7 Å². The van der Waals surface area contributed by atoms with Crippen molar-refractivity contribution in [2.45, 2.75) is 25.6 Å². The van der Waals surface area contributed by atoms with E-state index < -0.39 is 23.3 Å². The van der Waals surface area contributed by atoms with Crippen LogP contribution in [0, 0.1) is 0 Å². The maximum atomic E-state index is 12.3. The summed E-state index contributed by atoms with van der Waals surface area (Å²) in [6.45, 7) is 0.543. The minimum absolute atomic E-state index is 0.0422. The second kappa shape index (κ2) is 7.55. The lowest BCUT2D eigenvalue weighted by Crippen LogP contribution is -2.42. The zero-order valence-corrected chi connectivity index (χ0v) is 16.1. The van der Waals surface area contributed by atoms with Crippen molar-refractivity contribution in [1.82, 2.24) is 29.3 Å². The molecule has 0 fully saturated rings. The number of nitrogens with zero attached hydrogens (tertiary/aromatic N) is 6. The summed E-state index contributed by atoms with van der Waals surface area (Å²) in [7, 11) is 1.24. The summed E-state index contributed by atoms with van der Waals surface area (Å²) < 4.78 is 7.39. The molecule has 1 amide bonds. The number of amides is 1. The van der Waals surface area contributed by atoms with Crippen molar-refractivity contribution >= 4 is 5.91 Å². The standard InChI is InChI=1S/C18H19N7O5/c1-23-17(28)12(16(19)27)7-24(18(23)29)9-15-20-22-25(21-15)8-13(26)11-3-2-10-4-5-30-14(10)6-11/h2-3,6-7,13,26H,4-5,8-9H2,1H3,(H2,19,27)/t13-/m0/s1. The van der Waals surface area contributed by atoms with Gasteiger partial charge in [0.25, 0.3) is 11.5 Å². The highest BCUT2D eigenvalue weighted by Crippen LogP contribution is 2.28. The minimum atomic E-state index is -0.942. The van der Waals surface area contributed by atoms with Crippen molar-refractivity contribution in [3.63, 3.8) is 0 Å². The zero-order chi connectivity index (χ0) is 21.4. The van der Waals surface area contributed by atoms with E-state index in [1.807, 2.05) is 12.1 Å². The molecule has 2 aromatic heterocycles. The summed E-state index contributed by atoms with van der Waals surface area (Å²) in [5, 5.41) is 22.4. The summed E-state index contributed by atoms with van der Waals surface area (Å²) in [6, 6.07) is 5.54. The van der Waals surface area contributed by atoms with E-state index in [0.29, 0.717) is 12.2 Å². The van der Waals surface area contributed by atoms with Crippen LogP contribution in [0.25, 0.3) is 0 Å². The average molecular weight is 413 g/mol. The van der Waals surface area contributed by atoms with Crippen LogP contribution in [0.4, 0.5) is 0 Å². The normalized spacial score (nSPS) is 13.7. The van der Waals surface area contributed by atoms with Crippen LogP contribution in [-0.4, -0.2) is 47.0 Å². The molecule has 1 aliphatic rings. The highest BCUT2D eigenvalue weighted by molar-refractivity contribution is 5.92. The molecule has 12 nitrogen and oxygen atoms in total. The van der Waals surface area contributed by atoms with Crippen LogP contribution in [0.2, 0.25) is 0 Å². The molecule has 0 saturated carbocycles. The number of aliphatic hydroxyl groups is 1. The van der Waals surface area contributed by atoms with Gasteiger partial charge in [0.2, 0.25) is 0 Å². The molecule has 0 aliphatic carbocycles. The molecule has 3 heterocycles. The second-order valence-electron chi connectivity index (χ2n) is 6.92. The number of hydrogen-bond donors (Lipinski definition) is 2. The Morgan fingerprint density at radius 1 is 1.37 bits per heavy atom. The number of carbonyl (C=O) groups is 1. The van der Waals surface area contributed by atoms with E-state index >= 15 is 0 Å². The fraction of sp³-hybridized carbons (Fsp3) is 0.333. The second-order valence-corrected chi connectivity index (χ2v) is 6.92. The highest BCUT2D eigenvalue weighted by atomic mass is 16.5. The first kappa shape index (κ1) is 19.5. The summed E-state index contributed by atoms with van der Waals surface area (Å²) in [5.41, 5.74) is 5.21. The van der Waals surface area contributed by atoms with E-state index in [1.54, 1.807) is 6.07 Å². The van der Waals surface area contributed by atoms with E-state index in [-0.39, 0.29) is 24.5 Å². The molecule has 0 radical (unpaired) electrons. The predicted molar refractivity (Wildman–Crippen MR) is 102 cm³/mol. The SMILES string of the molecule is Cn1c(=O)c(C(N)=O)cn(Cc2nnn(C[C@H](O)c3ccc4c(c3)OCC4)n2)c1=O. The third-order valence-electron chi connectivity index (χ3n) is 4.87. The molecule has 1 aromatic carbocycles. The van der Waals surface area contributed by atoms with Gasteiger partial charge < -0.3 is 15.6 Å². The van der Waals surface area contributed by atoms with E-state index in [2.05, 4.69) is 15.4 Å². The number of nitrogens with two attached hydrogens (primary N) is 1. The number of ether oxygens (including phenoxy) is 1. The summed E-state index contributed by atoms with van der Waals surface area (Å²) in [5.74, 6) is -0.0174. The Morgan fingerprint density at radius 3 is 2.93 bits per heavy atom. The Labute approximate surface area is 169 Å². The molecule has 156 valence electrons. The average Bonchev–Trinajstić information content (AvgIpc) is 3.36. The highest BCUT2D eigenvalue weighted by Gasteiger charge is 2.18. The van der Waals surface area contributed by atoms with Gasteiger partial charge in [-0.25, -0.2) is 4.79 Å². The van der Waals surface area contributed by atoms with Crippen molar-refractivity contribution in [1.29, 1.82) is 0 Å². The Bertz CT molecular complexity index is 1240. The van der Waals surface area contributed by atoms with Gasteiger partial charge in [0.05, 0.1) is 19.7 Å². The van der Waals surface area contributed by atoms with Crippen LogP contribution in [-0.2, 0) is 26.6 Å². The van der Waals surface area contributed by atoms with E-state index in [0.717, 1.165) is 33.1 Å². The van der Waals surface area contributed by atoms with Crippen molar-refractivity contribution < 1.29 is 14.6 Å². The molecule has 3 N–H and O–H groups in total. The first-order valence-electron chi connectivity index (χ1n) is 9.14. The first-order chi connectivity index (χ1) is 14.3. The molecule has 1 aliphatic heterocycles. The maximum Gasteiger partial charge on any atom is 0.331 e. The number of aromatic nitrogens is 6. The van der Waals surface area contributed by atoms with Crippen molar-refractivity contribution in [3.8, 4) is 5.75 Å². The summed E-state index contributed by atoms with van der Waals surface area (Å²) in [6.07, 6.45) is 1.04. The molecule has 0 saturated heterocycles. The van der Waals surface area contributed by atoms with Crippen LogP contribution in [0.3, 0.4) is 0 Å². The van der Waals surface area contributed by atoms with Gasteiger partial charge in [-0.3, -0.25) is 18.7 Å². The topological polar surface area (TPSA) is 160 Å². The number of carbonyl (C=O) groups excluding carboxylic acids is 1. The summed E-state index contributed by atoms with van der Waals surface area (Å²) in [4.78, 5) is 36.8.